The lowest BCUT2D eigenvalue weighted by atomic mass is 10.0. The van der Waals surface area contributed by atoms with E-state index in [-0.39, 0.29) is 18.2 Å². The van der Waals surface area contributed by atoms with E-state index in [9.17, 15) is 9.59 Å². The van der Waals surface area contributed by atoms with Gasteiger partial charge in [-0.2, -0.15) is 0 Å². The molecular weight excluding hydrogens is 372 g/mol. The van der Waals surface area contributed by atoms with E-state index in [1.54, 1.807) is 4.90 Å². The van der Waals surface area contributed by atoms with Crippen LogP contribution < -0.4 is 5.32 Å². The molecule has 0 radical (unpaired) electrons. The normalized spacial score (nSPS) is 11.5. The predicted molar refractivity (Wildman–Crippen MR) is 120 cm³/mol. The van der Waals surface area contributed by atoms with Crippen LogP contribution in [0.1, 0.15) is 36.1 Å². The summed E-state index contributed by atoms with van der Waals surface area (Å²) >= 11 is 0. The number of rotatable bonds is 9. The van der Waals surface area contributed by atoms with Crippen molar-refractivity contribution in [2.24, 2.45) is 0 Å². The molecule has 3 aromatic rings. The van der Waals surface area contributed by atoms with Gasteiger partial charge in [-0.3, -0.25) is 9.59 Å². The fourth-order valence-electron chi connectivity index (χ4n) is 3.43. The summed E-state index contributed by atoms with van der Waals surface area (Å²) in [7, 11) is 0. The molecule has 0 saturated carbocycles. The van der Waals surface area contributed by atoms with Gasteiger partial charge >= 0.3 is 0 Å². The highest BCUT2D eigenvalue weighted by Crippen LogP contribution is 2.25. The van der Waals surface area contributed by atoms with Crippen molar-refractivity contribution in [3.63, 3.8) is 0 Å². The van der Waals surface area contributed by atoms with E-state index in [4.69, 9.17) is 0 Å². The highest BCUT2D eigenvalue weighted by atomic mass is 16.2. The van der Waals surface area contributed by atoms with Gasteiger partial charge in [0.1, 0.15) is 6.04 Å². The first-order valence-corrected chi connectivity index (χ1v) is 10.4. The lowest BCUT2D eigenvalue weighted by Gasteiger charge is -2.32. The molecule has 3 aromatic carbocycles. The van der Waals surface area contributed by atoms with Gasteiger partial charge in [-0.05, 0) is 23.1 Å². The van der Waals surface area contributed by atoms with Crippen LogP contribution in [-0.4, -0.2) is 23.3 Å². The summed E-state index contributed by atoms with van der Waals surface area (Å²) in [4.78, 5) is 28.3. The molecule has 30 heavy (non-hydrogen) atoms. The SMILES string of the molecule is CCCNC(=O)[C@H](c1ccccc1)N(Cc1ccccc1)C(=O)Cc1ccccc1. The molecule has 0 aromatic heterocycles. The summed E-state index contributed by atoms with van der Waals surface area (Å²) in [5, 5.41) is 2.98. The second-order valence-corrected chi connectivity index (χ2v) is 7.27. The molecular formula is C26H28N2O2. The molecule has 3 rings (SSSR count). The molecule has 0 heterocycles. The molecule has 0 fully saturated rings. The lowest BCUT2D eigenvalue weighted by molar-refractivity contribution is -0.141. The smallest absolute Gasteiger partial charge is 0.247 e. The monoisotopic (exact) mass is 400 g/mol. The van der Waals surface area contributed by atoms with Crippen molar-refractivity contribution in [3.8, 4) is 0 Å². The molecule has 4 heteroatoms. The number of carbonyl (C=O) groups excluding carboxylic acids is 2. The third-order valence-corrected chi connectivity index (χ3v) is 4.94. The Bertz CT molecular complexity index is 927. The minimum absolute atomic E-state index is 0.0782. The molecule has 0 unspecified atom stereocenters. The van der Waals surface area contributed by atoms with E-state index in [1.807, 2.05) is 97.9 Å². The minimum atomic E-state index is -0.686. The van der Waals surface area contributed by atoms with Gasteiger partial charge in [0, 0.05) is 13.1 Å². The molecule has 0 aliphatic carbocycles. The molecule has 1 atom stereocenters. The van der Waals surface area contributed by atoms with Crippen LogP contribution in [0.15, 0.2) is 91.0 Å². The van der Waals surface area contributed by atoms with Crippen LogP contribution in [0.5, 0.6) is 0 Å². The second-order valence-electron chi connectivity index (χ2n) is 7.27. The van der Waals surface area contributed by atoms with Crippen LogP contribution in [-0.2, 0) is 22.6 Å². The Labute approximate surface area is 178 Å². The molecule has 4 nitrogen and oxygen atoms in total. The Morgan fingerprint density at radius 2 is 1.33 bits per heavy atom. The Kier molecular flexibility index (Phi) is 7.78. The summed E-state index contributed by atoms with van der Waals surface area (Å²) in [5.74, 6) is -0.231. The maximum Gasteiger partial charge on any atom is 0.247 e. The summed E-state index contributed by atoms with van der Waals surface area (Å²) in [6.07, 6.45) is 1.09. The quantitative estimate of drug-likeness (QED) is 0.574. The van der Waals surface area contributed by atoms with Crippen LogP contribution in [0.4, 0.5) is 0 Å². The molecule has 0 aliphatic rings. The van der Waals surface area contributed by atoms with Gasteiger partial charge in [0.15, 0.2) is 0 Å². The summed E-state index contributed by atoms with van der Waals surface area (Å²) in [6.45, 7) is 2.96. The number of hydrogen-bond donors (Lipinski definition) is 1. The van der Waals surface area contributed by atoms with E-state index in [0.29, 0.717) is 13.1 Å². The number of benzene rings is 3. The van der Waals surface area contributed by atoms with Gasteiger partial charge in [0.2, 0.25) is 11.8 Å². The van der Waals surface area contributed by atoms with E-state index >= 15 is 0 Å². The number of amides is 2. The van der Waals surface area contributed by atoms with Crippen molar-refractivity contribution in [1.29, 1.82) is 0 Å². The summed E-state index contributed by atoms with van der Waals surface area (Å²) in [6, 6.07) is 28.3. The zero-order chi connectivity index (χ0) is 21.2. The number of carbonyl (C=O) groups is 2. The van der Waals surface area contributed by atoms with Crippen LogP contribution in [0.25, 0.3) is 0 Å². The van der Waals surface area contributed by atoms with Crippen molar-refractivity contribution in [2.45, 2.75) is 32.4 Å². The fraction of sp³-hybridized carbons (Fsp3) is 0.231. The van der Waals surface area contributed by atoms with E-state index in [2.05, 4.69) is 5.32 Å². The predicted octanol–water partition coefficient (Wildman–Crippen LogP) is 4.53. The van der Waals surface area contributed by atoms with E-state index < -0.39 is 6.04 Å². The maximum absolute atomic E-state index is 13.5. The average Bonchev–Trinajstić information content (AvgIpc) is 2.79. The standard InChI is InChI=1S/C26H28N2O2/c1-2-18-27-26(30)25(23-16-10-5-11-17-23)28(20-22-14-8-4-9-15-22)24(29)19-21-12-6-3-7-13-21/h3-17,25H,2,18-20H2,1H3,(H,27,30)/t25-/m0/s1. The van der Waals surface area contributed by atoms with Crippen molar-refractivity contribution in [3.05, 3.63) is 108 Å². The van der Waals surface area contributed by atoms with Crippen LogP contribution >= 0.6 is 0 Å². The van der Waals surface area contributed by atoms with Crippen molar-refractivity contribution in [2.75, 3.05) is 6.54 Å². The van der Waals surface area contributed by atoms with E-state index in [0.717, 1.165) is 23.1 Å². The minimum Gasteiger partial charge on any atom is -0.354 e. The van der Waals surface area contributed by atoms with E-state index in [1.165, 1.54) is 0 Å². The van der Waals surface area contributed by atoms with Crippen LogP contribution in [0, 0.1) is 0 Å². The molecule has 0 spiro atoms. The van der Waals surface area contributed by atoms with Gasteiger partial charge in [0.25, 0.3) is 0 Å². The first-order valence-electron chi connectivity index (χ1n) is 10.4. The van der Waals surface area contributed by atoms with Gasteiger partial charge in [-0.15, -0.1) is 0 Å². The van der Waals surface area contributed by atoms with Crippen molar-refractivity contribution in [1.82, 2.24) is 10.2 Å². The zero-order valence-electron chi connectivity index (χ0n) is 17.3. The van der Waals surface area contributed by atoms with Gasteiger partial charge in [-0.1, -0.05) is 97.9 Å². The first kappa shape index (κ1) is 21.3. The molecule has 0 aliphatic heterocycles. The highest BCUT2D eigenvalue weighted by molar-refractivity contribution is 5.89. The molecule has 0 bridgehead atoms. The van der Waals surface area contributed by atoms with Gasteiger partial charge in [-0.25, -0.2) is 0 Å². The van der Waals surface area contributed by atoms with Crippen molar-refractivity contribution >= 4 is 11.8 Å². The van der Waals surface area contributed by atoms with Gasteiger partial charge in [0.05, 0.1) is 6.42 Å². The summed E-state index contributed by atoms with van der Waals surface area (Å²) < 4.78 is 0. The lowest BCUT2D eigenvalue weighted by Crippen LogP contribution is -2.44. The Morgan fingerprint density at radius 3 is 1.90 bits per heavy atom. The Balaban J connectivity index is 1.97. The summed E-state index contributed by atoms with van der Waals surface area (Å²) in [5.41, 5.74) is 2.73. The van der Waals surface area contributed by atoms with Crippen LogP contribution in [0.2, 0.25) is 0 Å². The Morgan fingerprint density at radius 1 is 0.800 bits per heavy atom. The highest BCUT2D eigenvalue weighted by Gasteiger charge is 2.31. The number of nitrogens with zero attached hydrogens (tertiary/aromatic N) is 1. The van der Waals surface area contributed by atoms with Crippen molar-refractivity contribution < 1.29 is 9.59 Å². The van der Waals surface area contributed by atoms with Gasteiger partial charge < -0.3 is 10.2 Å². The molecule has 0 saturated heterocycles. The largest absolute Gasteiger partial charge is 0.354 e. The fourth-order valence-corrected chi connectivity index (χ4v) is 3.43. The average molecular weight is 401 g/mol. The topological polar surface area (TPSA) is 49.4 Å². The second kappa shape index (κ2) is 11.0. The first-order chi connectivity index (χ1) is 14.7. The Hall–Kier alpha value is -3.40. The molecule has 154 valence electrons. The molecule has 1 N–H and O–H groups in total. The number of hydrogen-bond acceptors (Lipinski definition) is 2. The molecule has 2 amide bonds. The van der Waals surface area contributed by atoms with Crippen LogP contribution in [0.3, 0.4) is 0 Å². The maximum atomic E-state index is 13.5. The third kappa shape index (κ3) is 5.80. The number of nitrogens with one attached hydrogen (secondary N) is 1. The zero-order valence-corrected chi connectivity index (χ0v) is 17.3. The third-order valence-electron chi connectivity index (χ3n) is 4.94.